The van der Waals surface area contributed by atoms with E-state index in [1.54, 1.807) is 25.6 Å². The number of hydrogen-bond acceptors (Lipinski definition) is 5. The molecule has 0 radical (unpaired) electrons. The Hall–Kier alpha value is -1.59. The monoisotopic (exact) mass is 290 g/mol. The zero-order chi connectivity index (χ0) is 13.9. The van der Waals surface area contributed by atoms with Gasteiger partial charge in [-0.25, -0.2) is 4.98 Å². The zero-order valence-electron chi connectivity index (χ0n) is 11.7. The van der Waals surface area contributed by atoms with E-state index in [0.717, 1.165) is 34.3 Å². The van der Waals surface area contributed by atoms with Crippen molar-refractivity contribution in [1.82, 2.24) is 10.3 Å². The van der Waals surface area contributed by atoms with Gasteiger partial charge in [-0.1, -0.05) is 0 Å². The number of nitrogens with zero attached hydrogens (tertiary/aromatic N) is 1. The van der Waals surface area contributed by atoms with Gasteiger partial charge >= 0.3 is 0 Å². The molecule has 0 aliphatic heterocycles. The number of thiazole rings is 1. The van der Waals surface area contributed by atoms with Crippen LogP contribution in [0.5, 0.6) is 11.5 Å². The van der Waals surface area contributed by atoms with Gasteiger partial charge in [-0.2, -0.15) is 0 Å². The Balaban J connectivity index is 1.80. The molecule has 20 heavy (non-hydrogen) atoms. The molecule has 4 nitrogen and oxygen atoms in total. The Morgan fingerprint density at radius 1 is 1.20 bits per heavy atom. The van der Waals surface area contributed by atoms with E-state index in [-0.39, 0.29) is 0 Å². The zero-order valence-corrected chi connectivity index (χ0v) is 12.5. The molecule has 0 atom stereocenters. The number of benzene rings is 1. The highest BCUT2D eigenvalue weighted by molar-refractivity contribution is 7.13. The minimum atomic E-state index is 0.706. The van der Waals surface area contributed by atoms with Gasteiger partial charge < -0.3 is 14.8 Å². The molecule has 106 valence electrons. The van der Waals surface area contributed by atoms with E-state index in [9.17, 15) is 0 Å². The third-order valence-corrected chi connectivity index (χ3v) is 4.24. The second-order valence-corrected chi connectivity index (χ2v) is 5.76. The summed E-state index contributed by atoms with van der Waals surface area (Å²) in [5.41, 5.74) is 2.13. The molecule has 0 amide bonds. The van der Waals surface area contributed by atoms with Gasteiger partial charge in [-0.15, -0.1) is 11.3 Å². The lowest BCUT2D eigenvalue weighted by Gasteiger charge is -2.06. The summed E-state index contributed by atoms with van der Waals surface area (Å²) in [6.07, 6.45) is 2.59. The van der Waals surface area contributed by atoms with Gasteiger partial charge in [0.05, 0.1) is 19.9 Å². The van der Waals surface area contributed by atoms with Gasteiger partial charge in [-0.3, -0.25) is 0 Å². The number of methoxy groups -OCH3 is 2. The standard InChI is InChI=1S/C15H18N2O2S/c1-18-13-5-10(6-14(7-13)19-2)15-17-12(9-20-15)8-16-11-3-4-11/h5-7,9,11,16H,3-4,8H2,1-2H3. The smallest absolute Gasteiger partial charge is 0.123 e. The SMILES string of the molecule is COc1cc(OC)cc(-c2nc(CNC3CC3)cs2)c1. The van der Waals surface area contributed by atoms with Crippen molar-refractivity contribution >= 4 is 11.3 Å². The molecule has 0 saturated heterocycles. The second-order valence-electron chi connectivity index (χ2n) is 4.90. The summed E-state index contributed by atoms with van der Waals surface area (Å²) in [4.78, 5) is 4.68. The molecule has 1 saturated carbocycles. The molecule has 1 heterocycles. The highest BCUT2D eigenvalue weighted by Crippen LogP contribution is 2.31. The van der Waals surface area contributed by atoms with Crippen LogP contribution in [0.3, 0.4) is 0 Å². The maximum atomic E-state index is 5.30. The van der Waals surface area contributed by atoms with Gasteiger partial charge in [0, 0.05) is 29.6 Å². The predicted octanol–water partition coefficient (Wildman–Crippen LogP) is 3.08. The van der Waals surface area contributed by atoms with Crippen molar-refractivity contribution in [2.75, 3.05) is 14.2 Å². The fourth-order valence-electron chi connectivity index (χ4n) is 1.99. The Morgan fingerprint density at radius 3 is 2.50 bits per heavy atom. The molecule has 1 N–H and O–H groups in total. The Labute approximate surface area is 122 Å². The highest BCUT2D eigenvalue weighted by atomic mass is 32.1. The van der Waals surface area contributed by atoms with Crippen molar-refractivity contribution in [3.63, 3.8) is 0 Å². The van der Waals surface area contributed by atoms with Crippen LogP contribution in [0.15, 0.2) is 23.6 Å². The summed E-state index contributed by atoms with van der Waals surface area (Å²) >= 11 is 1.65. The summed E-state index contributed by atoms with van der Waals surface area (Å²) in [5, 5.41) is 6.58. The molecule has 1 aromatic heterocycles. The van der Waals surface area contributed by atoms with Gasteiger partial charge in [0.15, 0.2) is 0 Å². The van der Waals surface area contributed by atoms with E-state index < -0.39 is 0 Å². The number of aromatic nitrogens is 1. The number of ether oxygens (including phenoxy) is 2. The van der Waals surface area contributed by atoms with Crippen LogP contribution in [0.1, 0.15) is 18.5 Å². The number of rotatable bonds is 6. The van der Waals surface area contributed by atoms with Crippen LogP contribution in [0.4, 0.5) is 0 Å². The van der Waals surface area contributed by atoms with E-state index in [1.165, 1.54) is 12.8 Å². The van der Waals surface area contributed by atoms with E-state index in [0.29, 0.717) is 6.04 Å². The van der Waals surface area contributed by atoms with Crippen LogP contribution in [0.25, 0.3) is 10.6 Å². The van der Waals surface area contributed by atoms with Crippen molar-refractivity contribution < 1.29 is 9.47 Å². The molecule has 0 bridgehead atoms. The van der Waals surface area contributed by atoms with Crippen molar-refractivity contribution in [1.29, 1.82) is 0 Å². The number of hydrogen-bond donors (Lipinski definition) is 1. The van der Waals surface area contributed by atoms with Gasteiger partial charge in [0.2, 0.25) is 0 Å². The molecule has 2 aromatic rings. The third kappa shape index (κ3) is 3.11. The lowest BCUT2D eigenvalue weighted by molar-refractivity contribution is 0.394. The van der Waals surface area contributed by atoms with E-state index in [2.05, 4.69) is 15.7 Å². The minimum absolute atomic E-state index is 0.706. The normalized spacial score (nSPS) is 14.3. The molecular formula is C15H18N2O2S. The highest BCUT2D eigenvalue weighted by Gasteiger charge is 2.20. The van der Waals surface area contributed by atoms with Crippen molar-refractivity contribution in [2.24, 2.45) is 0 Å². The van der Waals surface area contributed by atoms with Crippen LogP contribution in [0, 0.1) is 0 Å². The molecule has 0 unspecified atom stereocenters. The topological polar surface area (TPSA) is 43.4 Å². The van der Waals surface area contributed by atoms with E-state index in [1.807, 2.05) is 18.2 Å². The third-order valence-electron chi connectivity index (χ3n) is 3.30. The first-order chi connectivity index (χ1) is 9.78. The van der Waals surface area contributed by atoms with Crippen LogP contribution in [-0.2, 0) is 6.54 Å². The molecule has 1 aliphatic rings. The lowest BCUT2D eigenvalue weighted by atomic mass is 10.2. The largest absolute Gasteiger partial charge is 0.497 e. The second kappa shape index (κ2) is 5.81. The lowest BCUT2D eigenvalue weighted by Crippen LogP contribution is -2.15. The maximum Gasteiger partial charge on any atom is 0.123 e. The predicted molar refractivity (Wildman–Crippen MR) is 80.5 cm³/mol. The van der Waals surface area contributed by atoms with Crippen LogP contribution in [-0.4, -0.2) is 25.2 Å². The van der Waals surface area contributed by atoms with Crippen LogP contribution in [0.2, 0.25) is 0 Å². The first-order valence-electron chi connectivity index (χ1n) is 6.69. The van der Waals surface area contributed by atoms with Crippen LogP contribution < -0.4 is 14.8 Å². The first-order valence-corrected chi connectivity index (χ1v) is 7.57. The van der Waals surface area contributed by atoms with Crippen LogP contribution >= 0.6 is 11.3 Å². The molecule has 1 aliphatic carbocycles. The van der Waals surface area contributed by atoms with Gasteiger partial charge in [0.1, 0.15) is 16.5 Å². The molecule has 1 aromatic carbocycles. The summed E-state index contributed by atoms with van der Waals surface area (Å²) < 4.78 is 10.6. The molecule has 0 spiro atoms. The van der Waals surface area contributed by atoms with Crippen molar-refractivity contribution in [3.05, 3.63) is 29.3 Å². The molecular weight excluding hydrogens is 272 g/mol. The molecule has 3 rings (SSSR count). The van der Waals surface area contributed by atoms with E-state index >= 15 is 0 Å². The average Bonchev–Trinajstić information content (AvgIpc) is 3.20. The summed E-state index contributed by atoms with van der Waals surface area (Å²) in [6, 6.07) is 6.54. The van der Waals surface area contributed by atoms with Crippen molar-refractivity contribution in [2.45, 2.75) is 25.4 Å². The summed E-state index contributed by atoms with van der Waals surface area (Å²) in [6.45, 7) is 0.849. The number of nitrogens with one attached hydrogen (secondary N) is 1. The Kier molecular flexibility index (Phi) is 3.89. The average molecular weight is 290 g/mol. The summed E-state index contributed by atoms with van der Waals surface area (Å²) in [7, 11) is 3.32. The quantitative estimate of drug-likeness (QED) is 0.888. The van der Waals surface area contributed by atoms with E-state index in [4.69, 9.17) is 9.47 Å². The minimum Gasteiger partial charge on any atom is -0.497 e. The maximum absolute atomic E-state index is 5.30. The molecule has 5 heteroatoms. The summed E-state index contributed by atoms with van der Waals surface area (Å²) in [5.74, 6) is 1.57. The van der Waals surface area contributed by atoms with Crippen molar-refractivity contribution in [3.8, 4) is 22.1 Å². The first kappa shape index (κ1) is 13.4. The Bertz CT molecular complexity index is 571. The Morgan fingerprint density at radius 2 is 1.90 bits per heavy atom. The fraction of sp³-hybridized carbons (Fsp3) is 0.400. The van der Waals surface area contributed by atoms with Gasteiger partial charge in [0.25, 0.3) is 0 Å². The van der Waals surface area contributed by atoms with Gasteiger partial charge in [-0.05, 0) is 25.0 Å². The fourth-order valence-corrected chi connectivity index (χ4v) is 2.80. The molecule has 1 fully saturated rings.